The summed E-state index contributed by atoms with van der Waals surface area (Å²) in [4.78, 5) is 12.0. The quantitative estimate of drug-likeness (QED) is 0.478. The van der Waals surface area contributed by atoms with Crippen LogP contribution in [0.1, 0.15) is 11.5 Å². The van der Waals surface area contributed by atoms with Gasteiger partial charge in [-0.05, 0) is 12.1 Å². The number of rotatable bonds is 8. The molecular weight excluding hydrogens is 358 g/mol. The third-order valence-electron chi connectivity index (χ3n) is 3.43. The van der Waals surface area contributed by atoms with E-state index < -0.39 is 0 Å². The highest BCUT2D eigenvalue weighted by molar-refractivity contribution is 7.99. The van der Waals surface area contributed by atoms with E-state index >= 15 is 0 Å². The monoisotopic (exact) mass is 375 g/mol. The van der Waals surface area contributed by atoms with Gasteiger partial charge in [0.05, 0.1) is 5.75 Å². The number of carbonyl (C=O) groups excluding carboxylic acids is 1. The van der Waals surface area contributed by atoms with Crippen molar-refractivity contribution in [2.24, 2.45) is 7.05 Å². The van der Waals surface area contributed by atoms with E-state index in [0.29, 0.717) is 23.3 Å². The number of nitrogens with zero attached hydrogens (tertiary/aromatic N) is 6. The van der Waals surface area contributed by atoms with E-state index in [-0.39, 0.29) is 11.7 Å². The molecule has 0 aromatic carbocycles. The number of aryl methyl sites for hydroxylation is 1. The van der Waals surface area contributed by atoms with Gasteiger partial charge in [-0.25, -0.2) is 0 Å². The van der Waals surface area contributed by atoms with E-state index in [1.165, 1.54) is 23.1 Å². The number of carbonyl (C=O) groups is 1. The first-order valence-electron chi connectivity index (χ1n) is 7.49. The summed E-state index contributed by atoms with van der Waals surface area (Å²) in [5.41, 5.74) is 2.71. The van der Waals surface area contributed by atoms with Gasteiger partial charge in [0, 0.05) is 31.9 Å². The molecule has 0 unspecified atom stereocenters. The van der Waals surface area contributed by atoms with Gasteiger partial charge in [0.15, 0.2) is 5.16 Å². The molecule has 3 aromatic rings. The van der Waals surface area contributed by atoms with Crippen molar-refractivity contribution in [1.82, 2.24) is 29.5 Å². The summed E-state index contributed by atoms with van der Waals surface area (Å²) in [6.07, 6.45) is 4.46. The van der Waals surface area contributed by atoms with Crippen LogP contribution < -0.4 is 5.32 Å². The largest absolute Gasteiger partial charge is 0.354 e. The fraction of sp³-hybridized carbons (Fsp3) is 0.267. The van der Waals surface area contributed by atoms with E-state index in [2.05, 4.69) is 42.9 Å². The fourth-order valence-electron chi connectivity index (χ4n) is 2.22. The molecule has 0 saturated carbocycles. The van der Waals surface area contributed by atoms with Crippen LogP contribution >= 0.6 is 23.1 Å². The Balaban J connectivity index is 1.67. The number of anilines is 1. The minimum absolute atomic E-state index is 0.154. The van der Waals surface area contributed by atoms with Crippen molar-refractivity contribution >= 4 is 34.1 Å². The van der Waals surface area contributed by atoms with Crippen LogP contribution in [0.5, 0.6) is 0 Å². The maximum atomic E-state index is 12.0. The predicted octanol–water partition coefficient (Wildman–Crippen LogP) is 1.98. The van der Waals surface area contributed by atoms with Gasteiger partial charge in [-0.15, -0.1) is 27.0 Å². The SMILES string of the molecule is C=CCn1c(Cc2cccn2C)nnc1SCC(=O)Nc1nncs1. The van der Waals surface area contributed by atoms with Crippen molar-refractivity contribution in [3.8, 4) is 0 Å². The van der Waals surface area contributed by atoms with Crippen LogP contribution in [0.15, 0.2) is 41.7 Å². The zero-order valence-electron chi connectivity index (χ0n) is 13.6. The van der Waals surface area contributed by atoms with Gasteiger partial charge in [-0.1, -0.05) is 29.2 Å². The van der Waals surface area contributed by atoms with Crippen LogP contribution in [0.25, 0.3) is 0 Å². The van der Waals surface area contributed by atoms with Crippen LogP contribution in [0.2, 0.25) is 0 Å². The topological polar surface area (TPSA) is 90.5 Å². The Hall–Kier alpha value is -2.46. The highest BCUT2D eigenvalue weighted by Gasteiger charge is 2.15. The average molecular weight is 375 g/mol. The maximum Gasteiger partial charge on any atom is 0.236 e. The van der Waals surface area contributed by atoms with Gasteiger partial charge >= 0.3 is 0 Å². The minimum atomic E-state index is -0.154. The van der Waals surface area contributed by atoms with Gasteiger partial charge in [0.1, 0.15) is 11.3 Å². The summed E-state index contributed by atoms with van der Waals surface area (Å²) >= 11 is 2.61. The Morgan fingerprint density at radius 3 is 3.00 bits per heavy atom. The Bertz CT molecular complexity index is 853. The molecule has 0 bridgehead atoms. The van der Waals surface area contributed by atoms with Crippen LogP contribution in [-0.4, -0.2) is 41.2 Å². The third-order valence-corrected chi connectivity index (χ3v) is 5.01. The third kappa shape index (κ3) is 4.34. The Morgan fingerprint density at radius 1 is 1.44 bits per heavy atom. The molecule has 10 heteroatoms. The average Bonchev–Trinajstić information content (AvgIpc) is 3.31. The van der Waals surface area contributed by atoms with E-state index in [4.69, 9.17) is 0 Å². The molecule has 0 aliphatic heterocycles. The summed E-state index contributed by atoms with van der Waals surface area (Å²) in [5, 5.41) is 19.9. The zero-order chi connectivity index (χ0) is 17.6. The second kappa shape index (κ2) is 8.08. The molecule has 0 fully saturated rings. The van der Waals surface area contributed by atoms with Gasteiger partial charge in [-0.2, -0.15) is 0 Å². The molecule has 8 nitrogen and oxygen atoms in total. The molecule has 0 saturated heterocycles. The molecule has 0 aliphatic carbocycles. The van der Waals surface area contributed by atoms with E-state index in [1.54, 1.807) is 11.6 Å². The molecule has 3 heterocycles. The molecule has 0 radical (unpaired) electrons. The van der Waals surface area contributed by atoms with Gasteiger partial charge in [-0.3, -0.25) is 10.1 Å². The number of thioether (sulfide) groups is 1. The number of allylic oxidation sites excluding steroid dienone is 1. The van der Waals surface area contributed by atoms with Gasteiger partial charge < -0.3 is 9.13 Å². The highest BCUT2D eigenvalue weighted by Crippen LogP contribution is 2.19. The first kappa shape index (κ1) is 17.4. The zero-order valence-corrected chi connectivity index (χ0v) is 15.3. The van der Waals surface area contributed by atoms with E-state index in [9.17, 15) is 4.79 Å². The number of nitrogens with one attached hydrogen (secondary N) is 1. The Kier molecular flexibility index (Phi) is 5.61. The van der Waals surface area contributed by atoms with Crippen LogP contribution in [0, 0.1) is 0 Å². The molecule has 25 heavy (non-hydrogen) atoms. The minimum Gasteiger partial charge on any atom is -0.354 e. The number of amides is 1. The number of aromatic nitrogens is 6. The lowest BCUT2D eigenvalue weighted by molar-refractivity contribution is -0.113. The molecular formula is C15H17N7OS2. The van der Waals surface area contributed by atoms with E-state index in [1.807, 2.05) is 23.9 Å². The fourth-order valence-corrected chi connectivity index (χ4v) is 3.45. The summed E-state index contributed by atoms with van der Waals surface area (Å²) in [7, 11) is 2.00. The Labute approximate surface area is 153 Å². The van der Waals surface area contributed by atoms with Crippen LogP contribution in [0.4, 0.5) is 5.13 Å². The van der Waals surface area contributed by atoms with Crippen molar-refractivity contribution in [2.75, 3.05) is 11.1 Å². The van der Waals surface area contributed by atoms with E-state index in [0.717, 1.165) is 11.5 Å². The molecule has 0 aliphatic rings. The molecule has 1 amide bonds. The van der Waals surface area contributed by atoms with Crippen molar-refractivity contribution in [1.29, 1.82) is 0 Å². The van der Waals surface area contributed by atoms with Gasteiger partial charge in [0.2, 0.25) is 11.0 Å². The van der Waals surface area contributed by atoms with Crippen LogP contribution in [0.3, 0.4) is 0 Å². The second-order valence-electron chi connectivity index (χ2n) is 5.17. The van der Waals surface area contributed by atoms with Crippen LogP contribution in [-0.2, 0) is 24.8 Å². The first-order valence-corrected chi connectivity index (χ1v) is 9.36. The summed E-state index contributed by atoms with van der Waals surface area (Å²) in [6.45, 7) is 4.38. The lowest BCUT2D eigenvalue weighted by Crippen LogP contribution is -2.14. The lowest BCUT2D eigenvalue weighted by atomic mass is 10.3. The summed E-state index contributed by atoms with van der Waals surface area (Å²) < 4.78 is 4.03. The molecule has 0 spiro atoms. The van der Waals surface area contributed by atoms with Gasteiger partial charge in [0.25, 0.3) is 0 Å². The first-order chi connectivity index (χ1) is 12.2. The normalized spacial score (nSPS) is 10.8. The maximum absolute atomic E-state index is 12.0. The second-order valence-corrected chi connectivity index (χ2v) is 6.94. The molecule has 0 atom stereocenters. The molecule has 3 rings (SSSR count). The smallest absolute Gasteiger partial charge is 0.236 e. The van der Waals surface area contributed by atoms with Crippen molar-refractivity contribution in [3.63, 3.8) is 0 Å². The molecule has 130 valence electrons. The molecule has 1 N–H and O–H groups in total. The van der Waals surface area contributed by atoms with Crippen molar-refractivity contribution in [2.45, 2.75) is 18.1 Å². The molecule has 3 aromatic heterocycles. The number of hydrogen-bond acceptors (Lipinski definition) is 7. The van der Waals surface area contributed by atoms with Crippen molar-refractivity contribution < 1.29 is 4.79 Å². The lowest BCUT2D eigenvalue weighted by Gasteiger charge is -2.08. The Morgan fingerprint density at radius 2 is 2.32 bits per heavy atom. The predicted molar refractivity (Wildman–Crippen MR) is 97.7 cm³/mol. The standard InChI is InChI=1S/C15H17N7OS2/c1-3-6-22-12(8-11-5-4-7-21(11)2)18-20-15(22)24-9-13(23)17-14-19-16-10-25-14/h3-5,7,10H,1,6,8-9H2,2H3,(H,17,19,23). The summed E-state index contributed by atoms with van der Waals surface area (Å²) in [5.74, 6) is 0.909. The number of hydrogen-bond donors (Lipinski definition) is 1. The van der Waals surface area contributed by atoms with Crippen molar-refractivity contribution in [3.05, 3.63) is 48.0 Å². The highest BCUT2D eigenvalue weighted by atomic mass is 32.2. The summed E-state index contributed by atoms with van der Waals surface area (Å²) in [6, 6.07) is 4.05.